The summed E-state index contributed by atoms with van der Waals surface area (Å²) < 4.78 is 17.8. The van der Waals surface area contributed by atoms with Gasteiger partial charge in [0, 0.05) is 12.3 Å². The van der Waals surface area contributed by atoms with Crippen molar-refractivity contribution in [2.75, 3.05) is 19.0 Å². The van der Waals surface area contributed by atoms with Gasteiger partial charge in [-0.05, 0) is 38.0 Å². The molecule has 2 N–H and O–H groups in total. The van der Waals surface area contributed by atoms with Crippen LogP contribution in [0, 0.1) is 5.82 Å². The molecule has 0 heterocycles. The number of halogens is 1. The summed E-state index contributed by atoms with van der Waals surface area (Å²) in [5.41, 5.74) is -0.480. The zero-order valence-electron chi connectivity index (χ0n) is 10.6. The van der Waals surface area contributed by atoms with Crippen molar-refractivity contribution in [1.82, 2.24) is 0 Å². The number of aliphatic hydroxyl groups excluding tert-OH is 1. The minimum absolute atomic E-state index is 0.0165. The zero-order valence-corrected chi connectivity index (χ0v) is 10.6. The molecule has 1 atom stereocenters. The number of carbonyl (C=O) groups is 1. The number of hydrogen-bond acceptors (Lipinski definition) is 4. The van der Waals surface area contributed by atoms with Crippen molar-refractivity contribution < 1.29 is 19.0 Å². The highest BCUT2D eigenvalue weighted by Gasteiger charge is 2.33. The molecule has 0 saturated heterocycles. The average Bonchev–Trinajstić information content (AvgIpc) is 2.35. The van der Waals surface area contributed by atoms with Crippen molar-refractivity contribution in [3.63, 3.8) is 0 Å². The second kappa shape index (κ2) is 6.35. The molecule has 4 nitrogen and oxygen atoms in total. The first-order chi connectivity index (χ1) is 8.51. The van der Waals surface area contributed by atoms with Gasteiger partial charge in [0.2, 0.25) is 0 Å². The van der Waals surface area contributed by atoms with E-state index in [1.165, 1.54) is 19.2 Å². The summed E-state index contributed by atoms with van der Waals surface area (Å²) in [6.45, 7) is 1.65. The van der Waals surface area contributed by atoms with E-state index < -0.39 is 11.5 Å². The van der Waals surface area contributed by atoms with Gasteiger partial charge in [0.25, 0.3) is 0 Å². The van der Waals surface area contributed by atoms with E-state index in [2.05, 4.69) is 5.32 Å². The molecule has 0 spiro atoms. The Hall–Kier alpha value is -1.62. The molecule has 1 rings (SSSR count). The Kier molecular flexibility index (Phi) is 5.09. The smallest absolute Gasteiger partial charge is 0.331 e. The molecule has 0 aliphatic heterocycles. The van der Waals surface area contributed by atoms with E-state index in [4.69, 9.17) is 9.84 Å². The number of aliphatic hydroxyl groups is 1. The van der Waals surface area contributed by atoms with Crippen LogP contribution in [0.5, 0.6) is 0 Å². The van der Waals surface area contributed by atoms with Crippen molar-refractivity contribution in [1.29, 1.82) is 0 Å². The van der Waals surface area contributed by atoms with Crippen LogP contribution in [0.4, 0.5) is 10.1 Å². The summed E-state index contributed by atoms with van der Waals surface area (Å²) >= 11 is 0. The van der Waals surface area contributed by atoms with Crippen molar-refractivity contribution in [2.45, 2.75) is 25.3 Å². The Balaban J connectivity index is 2.87. The lowest BCUT2D eigenvalue weighted by Crippen LogP contribution is -2.44. The molecule has 0 bridgehead atoms. The molecule has 100 valence electrons. The largest absolute Gasteiger partial charge is 0.467 e. The fraction of sp³-hybridized carbons (Fsp3) is 0.462. The van der Waals surface area contributed by atoms with Crippen LogP contribution in [0.25, 0.3) is 0 Å². The van der Waals surface area contributed by atoms with E-state index in [0.29, 0.717) is 18.5 Å². The molecular formula is C13H18FNO3. The molecule has 1 unspecified atom stereocenters. The lowest BCUT2D eigenvalue weighted by atomic mass is 9.95. The molecule has 0 aliphatic carbocycles. The normalized spacial score (nSPS) is 13.8. The van der Waals surface area contributed by atoms with Crippen LogP contribution in [-0.4, -0.2) is 30.3 Å². The minimum Gasteiger partial charge on any atom is -0.467 e. The van der Waals surface area contributed by atoms with E-state index in [-0.39, 0.29) is 12.4 Å². The third-order valence-corrected chi connectivity index (χ3v) is 2.72. The number of anilines is 1. The summed E-state index contributed by atoms with van der Waals surface area (Å²) in [6.07, 6.45) is 0.848. The number of nitrogens with one attached hydrogen (secondary N) is 1. The van der Waals surface area contributed by atoms with Gasteiger partial charge in [-0.25, -0.2) is 9.18 Å². The van der Waals surface area contributed by atoms with E-state index in [0.717, 1.165) is 0 Å². The monoisotopic (exact) mass is 255 g/mol. The number of rotatable bonds is 6. The highest BCUT2D eigenvalue weighted by molar-refractivity contribution is 5.83. The Morgan fingerprint density at radius 3 is 2.83 bits per heavy atom. The molecule has 0 radical (unpaired) electrons. The number of carbonyl (C=O) groups excluding carboxylic acids is 1. The fourth-order valence-electron chi connectivity index (χ4n) is 1.76. The third-order valence-electron chi connectivity index (χ3n) is 2.72. The molecular weight excluding hydrogens is 237 g/mol. The predicted molar refractivity (Wildman–Crippen MR) is 66.8 cm³/mol. The Labute approximate surface area is 106 Å². The first-order valence-corrected chi connectivity index (χ1v) is 5.75. The Morgan fingerprint density at radius 2 is 2.28 bits per heavy atom. The Morgan fingerprint density at radius 1 is 1.56 bits per heavy atom. The second-order valence-corrected chi connectivity index (χ2v) is 4.29. The van der Waals surface area contributed by atoms with Crippen LogP contribution >= 0.6 is 0 Å². The molecule has 1 aromatic carbocycles. The van der Waals surface area contributed by atoms with Gasteiger partial charge >= 0.3 is 5.97 Å². The van der Waals surface area contributed by atoms with E-state index in [1.54, 1.807) is 19.1 Å². The molecule has 0 aliphatic rings. The summed E-state index contributed by atoms with van der Waals surface area (Å²) in [4.78, 5) is 11.8. The number of esters is 1. The maximum Gasteiger partial charge on any atom is 0.331 e. The van der Waals surface area contributed by atoms with Crippen LogP contribution in [-0.2, 0) is 9.53 Å². The highest BCUT2D eigenvalue weighted by atomic mass is 19.1. The highest BCUT2D eigenvalue weighted by Crippen LogP contribution is 2.22. The lowest BCUT2D eigenvalue weighted by molar-refractivity contribution is -0.145. The fourth-order valence-corrected chi connectivity index (χ4v) is 1.76. The van der Waals surface area contributed by atoms with Gasteiger partial charge in [0.15, 0.2) is 0 Å². The van der Waals surface area contributed by atoms with Crippen molar-refractivity contribution in [2.24, 2.45) is 0 Å². The number of hydrogen-bond donors (Lipinski definition) is 2. The molecule has 0 saturated carbocycles. The van der Waals surface area contributed by atoms with Gasteiger partial charge < -0.3 is 15.2 Å². The van der Waals surface area contributed by atoms with Gasteiger partial charge in [0.1, 0.15) is 11.4 Å². The van der Waals surface area contributed by atoms with E-state index in [9.17, 15) is 9.18 Å². The molecule has 0 amide bonds. The quantitative estimate of drug-likeness (QED) is 0.763. The molecule has 18 heavy (non-hydrogen) atoms. The SMILES string of the molecule is COC(=O)C(C)(CCCO)Nc1cccc(F)c1. The van der Waals surface area contributed by atoms with Gasteiger partial charge in [-0.2, -0.15) is 0 Å². The topological polar surface area (TPSA) is 58.6 Å². The molecule has 1 aromatic rings. The number of methoxy groups -OCH3 is 1. The van der Waals surface area contributed by atoms with Crippen molar-refractivity contribution >= 4 is 11.7 Å². The summed E-state index contributed by atoms with van der Waals surface area (Å²) in [7, 11) is 1.30. The van der Waals surface area contributed by atoms with Crippen LogP contribution in [0.1, 0.15) is 19.8 Å². The minimum atomic E-state index is -0.981. The van der Waals surface area contributed by atoms with Gasteiger partial charge in [-0.15, -0.1) is 0 Å². The first-order valence-electron chi connectivity index (χ1n) is 5.75. The van der Waals surface area contributed by atoms with Crippen LogP contribution in [0.3, 0.4) is 0 Å². The van der Waals surface area contributed by atoms with Crippen molar-refractivity contribution in [3.8, 4) is 0 Å². The maximum absolute atomic E-state index is 13.1. The predicted octanol–water partition coefficient (Wildman–Crippen LogP) is 1.94. The van der Waals surface area contributed by atoms with Gasteiger partial charge in [0.05, 0.1) is 7.11 Å². The number of benzene rings is 1. The zero-order chi connectivity index (χ0) is 13.6. The van der Waals surface area contributed by atoms with Crippen LogP contribution in [0.2, 0.25) is 0 Å². The summed E-state index contributed by atoms with van der Waals surface area (Å²) in [5.74, 6) is -0.824. The third kappa shape index (κ3) is 3.70. The maximum atomic E-state index is 13.1. The van der Waals surface area contributed by atoms with Crippen molar-refractivity contribution in [3.05, 3.63) is 30.1 Å². The lowest BCUT2D eigenvalue weighted by Gasteiger charge is -2.28. The molecule has 5 heteroatoms. The molecule has 0 aromatic heterocycles. The van der Waals surface area contributed by atoms with E-state index >= 15 is 0 Å². The summed E-state index contributed by atoms with van der Waals surface area (Å²) in [5, 5.41) is 11.8. The van der Waals surface area contributed by atoms with Crippen LogP contribution in [0.15, 0.2) is 24.3 Å². The van der Waals surface area contributed by atoms with Gasteiger partial charge in [-0.1, -0.05) is 6.07 Å². The molecule has 0 fully saturated rings. The van der Waals surface area contributed by atoms with Gasteiger partial charge in [-0.3, -0.25) is 0 Å². The second-order valence-electron chi connectivity index (χ2n) is 4.29. The number of ether oxygens (including phenoxy) is 1. The Bertz CT molecular complexity index is 411. The average molecular weight is 255 g/mol. The van der Waals surface area contributed by atoms with E-state index in [1.807, 2.05) is 0 Å². The van der Waals surface area contributed by atoms with Crippen LogP contribution < -0.4 is 5.32 Å². The summed E-state index contributed by atoms with van der Waals surface area (Å²) in [6, 6.07) is 5.86. The standard InChI is InChI=1S/C13H18FNO3/c1-13(7-4-8-16,12(17)18-2)15-11-6-3-5-10(14)9-11/h3,5-6,9,15-16H,4,7-8H2,1-2H3. The first kappa shape index (κ1) is 14.4.